The quantitative estimate of drug-likeness (QED) is 0.499. The van der Waals surface area contributed by atoms with E-state index in [0.717, 1.165) is 0 Å². The molecule has 1 aromatic heterocycles. The van der Waals surface area contributed by atoms with Crippen LogP contribution in [0.15, 0.2) is 11.1 Å². The number of nitrogens with zero attached hydrogens (tertiary/aromatic N) is 2. The third-order valence-corrected chi connectivity index (χ3v) is 1.16. The smallest absolute Gasteiger partial charge is 0.260 e. The summed E-state index contributed by atoms with van der Waals surface area (Å²) in [6.45, 7) is 0. The maximum atomic E-state index is 10.4. The molecule has 0 saturated heterocycles. The second-order valence-electron chi connectivity index (χ2n) is 1.12. The largest absolute Gasteiger partial charge is 0.362 e. The molecule has 5 nitrogen and oxygen atoms in total. The van der Waals surface area contributed by atoms with Gasteiger partial charge in [-0.1, -0.05) is 0 Å². The van der Waals surface area contributed by atoms with Crippen LogP contribution in [-0.2, 0) is 0 Å². The summed E-state index contributed by atoms with van der Waals surface area (Å²) in [5, 5.41) is 5.66. The predicted molar refractivity (Wildman–Crippen MR) is 36.2 cm³/mol. The highest BCUT2D eigenvalue weighted by molar-refractivity contribution is 14.1. The van der Waals surface area contributed by atoms with Gasteiger partial charge in [0.1, 0.15) is 6.33 Å². The van der Waals surface area contributed by atoms with Crippen LogP contribution in [0.3, 0.4) is 0 Å². The van der Waals surface area contributed by atoms with Crippen LogP contribution in [0.4, 0.5) is 0 Å². The summed E-state index contributed by atoms with van der Waals surface area (Å²) in [7, 11) is 0. The van der Waals surface area contributed by atoms with Gasteiger partial charge in [0.05, 0.1) is 22.9 Å². The van der Waals surface area contributed by atoms with Gasteiger partial charge < -0.3 is 0 Å². The van der Waals surface area contributed by atoms with E-state index in [-0.39, 0.29) is 5.69 Å². The maximum absolute atomic E-state index is 10.4. The van der Waals surface area contributed by atoms with E-state index in [2.05, 4.69) is 13.8 Å². The summed E-state index contributed by atoms with van der Waals surface area (Å²) in [4.78, 5) is 10.4. The van der Waals surface area contributed by atoms with Crippen molar-refractivity contribution >= 4 is 22.9 Å². The Morgan fingerprint density at radius 2 is 2.75 bits per heavy atom. The number of rotatable bonds is 1. The minimum atomic E-state index is -0.264. The molecule has 0 aliphatic carbocycles. The molecule has 0 radical (unpaired) electrons. The minimum Gasteiger partial charge on any atom is -0.260 e. The van der Waals surface area contributed by atoms with Gasteiger partial charge in [0, 0.05) is 0 Å². The summed E-state index contributed by atoms with van der Waals surface area (Å²) in [6.07, 6.45) is 1.36. The Hall–Kier alpha value is -0.530. The molecule has 0 unspecified atom stereocenters. The first-order valence-electron chi connectivity index (χ1n) is 1.83. The lowest BCUT2D eigenvalue weighted by atomic mass is 11.2. The van der Waals surface area contributed by atoms with Crippen molar-refractivity contribution in [3.63, 3.8) is 0 Å². The van der Waals surface area contributed by atoms with E-state index < -0.39 is 0 Å². The maximum Gasteiger partial charge on any atom is 0.362 e. The third-order valence-electron chi connectivity index (χ3n) is 0.643. The number of hydrogen-bond donors (Lipinski definition) is 2. The number of H-pyrrole nitrogens is 1. The number of hydrogen-bond acceptors (Lipinski definition) is 3. The monoisotopic (exact) mass is 226 g/mol. The van der Waals surface area contributed by atoms with Crippen LogP contribution in [0.2, 0.25) is 0 Å². The van der Waals surface area contributed by atoms with Crippen LogP contribution < -0.4 is 9.33 Å². The Labute approximate surface area is 58.6 Å². The molecule has 1 aromatic rings. The highest BCUT2D eigenvalue weighted by atomic mass is 127. The fraction of sp³-hybridized carbons (Fsp3) is 0. The summed E-state index contributed by atoms with van der Waals surface area (Å²) in [5.41, 5.74) is -0.264. The van der Waals surface area contributed by atoms with E-state index in [1.54, 1.807) is 0 Å². The van der Waals surface area contributed by atoms with Gasteiger partial charge in [0.15, 0.2) is 0 Å². The van der Waals surface area contributed by atoms with Crippen molar-refractivity contribution in [1.82, 2.24) is 14.9 Å². The van der Waals surface area contributed by atoms with Crippen LogP contribution in [0.5, 0.6) is 0 Å². The lowest BCUT2D eigenvalue weighted by molar-refractivity contribution is 0.949. The van der Waals surface area contributed by atoms with Crippen LogP contribution in [0, 0.1) is 0 Å². The van der Waals surface area contributed by atoms with Gasteiger partial charge in [0.25, 0.3) is 0 Å². The minimum absolute atomic E-state index is 0.264. The first-order valence-corrected chi connectivity index (χ1v) is 2.91. The Morgan fingerprint density at radius 1 is 2.00 bits per heavy atom. The van der Waals surface area contributed by atoms with Crippen molar-refractivity contribution in [1.29, 1.82) is 0 Å². The van der Waals surface area contributed by atoms with E-state index >= 15 is 0 Å². The summed E-state index contributed by atoms with van der Waals surface area (Å²) >= 11 is 1.83. The molecular formula is C2H3IN4O. The normalized spacial score (nSPS) is 9.12. The zero-order valence-electron chi connectivity index (χ0n) is 3.76. The Balaban J connectivity index is 3.11. The number of aromatic nitrogens is 3. The molecule has 0 atom stereocenters. The Kier molecular flexibility index (Phi) is 1.51. The lowest BCUT2D eigenvalue weighted by Crippen LogP contribution is -2.19. The van der Waals surface area contributed by atoms with Crippen molar-refractivity contribution in [2.45, 2.75) is 0 Å². The van der Waals surface area contributed by atoms with E-state index in [4.69, 9.17) is 0 Å². The van der Waals surface area contributed by atoms with Gasteiger partial charge in [-0.3, -0.25) is 3.64 Å². The lowest BCUT2D eigenvalue weighted by Gasteiger charge is -1.87. The van der Waals surface area contributed by atoms with Gasteiger partial charge in [-0.25, -0.2) is 9.89 Å². The number of halogens is 1. The third kappa shape index (κ3) is 0.831. The molecule has 6 heteroatoms. The molecule has 0 aliphatic heterocycles. The van der Waals surface area contributed by atoms with E-state index in [1.165, 1.54) is 11.0 Å². The van der Waals surface area contributed by atoms with Crippen LogP contribution in [0.1, 0.15) is 0 Å². The molecule has 1 rings (SSSR count). The molecule has 0 aromatic carbocycles. The average Bonchev–Trinajstić information content (AvgIpc) is 2.14. The fourth-order valence-electron chi connectivity index (χ4n) is 0.308. The Morgan fingerprint density at radius 3 is 3.00 bits per heavy atom. The van der Waals surface area contributed by atoms with Crippen molar-refractivity contribution in [2.24, 2.45) is 0 Å². The van der Waals surface area contributed by atoms with Gasteiger partial charge in [-0.15, -0.1) is 0 Å². The molecule has 0 spiro atoms. The van der Waals surface area contributed by atoms with Crippen molar-refractivity contribution in [3.05, 3.63) is 16.8 Å². The second kappa shape index (κ2) is 2.16. The molecule has 2 N–H and O–H groups in total. The van der Waals surface area contributed by atoms with Gasteiger partial charge in [-0.05, 0) is 0 Å². The molecule has 8 heavy (non-hydrogen) atoms. The molecule has 1 heterocycles. The van der Waals surface area contributed by atoms with Crippen molar-refractivity contribution < 1.29 is 0 Å². The van der Waals surface area contributed by atoms with E-state index in [1.807, 2.05) is 22.9 Å². The summed E-state index contributed by atoms with van der Waals surface area (Å²) in [5.74, 6) is 0. The topological polar surface area (TPSA) is 62.7 Å². The fourth-order valence-corrected chi connectivity index (χ4v) is 0.652. The zero-order chi connectivity index (χ0) is 5.98. The molecule has 0 aliphatic rings. The van der Waals surface area contributed by atoms with E-state index in [9.17, 15) is 4.79 Å². The van der Waals surface area contributed by atoms with E-state index in [0.29, 0.717) is 0 Å². The number of aromatic amines is 1. The standard InChI is InChI=1S/C2H3IN4O/c3-6-7-1-4-5-2(7)8/h1,6H,(H,5,8). The van der Waals surface area contributed by atoms with Gasteiger partial charge in [-0.2, -0.15) is 9.77 Å². The summed E-state index contributed by atoms with van der Waals surface area (Å²) in [6, 6.07) is 0. The van der Waals surface area contributed by atoms with Gasteiger partial charge in [0.2, 0.25) is 0 Å². The van der Waals surface area contributed by atoms with Gasteiger partial charge >= 0.3 is 5.69 Å². The van der Waals surface area contributed by atoms with Crippen molar-refractivity contribution in [2.75, 3.05) is 3.64 Å². The van der Waals surface area contributed by atoms with Crippen LogP contribution in [0.25, 0.3) is 0 Å². The van der Waals surface area contributed by atoms with Crippen molar-refractivity contribution in [3.8, 4) is 0 Å². The molecule has 0 saturated carbocycles. The molecule has 0 fully saturated rings. The SMILES string of the molecule is O=c1[nH]ncn1NI. The highest BCUT2D eigenvalue weighted by Crippen LogP contribution is 1.71. The molecule has 0 amide bonds. The second-order valence-corrected chi connectivity index (χ2v) is 1.60. The molecule has 44 valence electrons. The zero-order valence-corrected chi connectivity index (χ0v) is 5.92. The van der Waals surface area contributed by atoms with Crippen LogP contribution >= 0.6 is 22.9 Å². The number of nitrogens with one attached hydrogen (secondary N) is 2. The highest BCUT2D eigenvalue weighted by Gasteiger charge is 1.88. The first kappa shape index (κ1) is 5.60. The predicted octanol–water partition coefficient (Wildman–Crippen LogP) is -0.535. The summed E-state index contributed by atoms with van der Waals surface area (Å²) < 4.78 is 3.78. The average molecular weight is 226 g/mol. The molecule has 0 bridgehead atoms. The van der Waals surface area contributed by atoms with Crippen LogP contribution in [-0.4, -0.2) is 14.9 Å². The molecular weight excluding hydrogens is 223 g/mol. The Bertz CT molecular complexity index is 214. The first-order chi connectivity index (χ1) is 3.84.